The maximum Gasteiger partial charge on any atom is 0.180 e. The van der Waals surface area contributed by atoms with Gasteiger partial charge in [-0.15, -0.1) is 11.3 Å². The Bertz CT molecular complexity index is 722. The van der Waals surface area contributed by atoms with E-state index < -0.39 is 0 Å². The van der Waals surface area contributed by atoms with Gasteiger partial charge in [0.05, 0.1) is 5.69 Å². The van der Waals surface area contributed by atoms with Gasteiger partial charge in [-0.3, -0.25) is 0 Å². The summed E-state index contributed by atoms with van der Waals surface area (Å²) in [6, 6.07) is 18.5. The Morgan fingerprint density at radius 2 is 1.86 bits per heavy atom. The second kappa shape index (κ2) is 6.08. The third-order valence-electron chi connectivity index (χ3n) is 3.43. The van der Waals surface area contributed by atoms with Crippen LogP contribution in [0.3, 0.4) is 0 Å². The van der Waals surface area contributed by atoms with Crippen LogP contribution >= 0.6 is 11.3 Å². The number of nitrogens with two attached hydrogens (primary N) is 2. The fourth-order valence-electron chi connectivity index (χ4n) is 2.33. The number of rotatable bonds is 4. The molecule has 3 aromatic rings. The van der Waals surface area contributed by atoms with Crippen molar-refractivity contribution in [3.63, 3.8) is 0 Å². The predicted molar refractivity (Wildman–Crippen MR) is 89.0 cm³/mol. The quantitative estimate of drug-likeness (QED) is 0.772. The summed E-state index contributed by atoms with van der Waals surface area (Å²) in [4.78, 5) is 4.32. The molecule has 0 saturated carbocycles. The number of anilines is 1. The summed E-state index contributed by atoms with van der Waals surface area (Å²) in [5, 5.41) is 2.56. The number of hydrogen-bond donors (Lipinski definition) is 2. The first-order chi connectivity index (χ1) is 10.2. The van der Waals surface area contributed by atoms with Gasteiger partial charge < -0.3 is 11.5 Å². The highest BCUT2D eigenvalue weighted by Gasteiger charge is 2.09. The van der Waals surface area contributed by atoms with E-state index in [1.165, 1.54) is 16.9 Å². The molecule has 1 unspecified atom stereocenters. The predicted octanol–water partition coefficient (Wildman–Crippen LogP) is 3.63. The van der Waals surface area contributed by atoms with Crippen molar-refractivity contribution >= 4 is 16.5 Å². The molecule has 0 radical (unpaired) electrons. The summed E-state index contributed by atoms with van der Waals surface area (Å²) >= 11 is 1.45. The second-order valence-corrected chi connectivity index (χ2v) is 5.88. The highest BCUT2D eigenvalue weighted by Crippen LogP contribution is 2.26. The standard InChI is InChI=1S/C17H17N3S/c18-15(9-12-5-2-1-3-6-12)13-7-4-8-14(10-13)16-11-21-17(19)20-16/h1-8,10-11,15H,9,18H2,(H2,19,20). The minimum Gasteiger partial charge on any atom is -0.375 e. The average molecular weight is 295 g/mol. The van der Waals surface area contributed by atoms with Crippen LogP contribution in [0.4, 0.5) is 5.13 Å². The summed E-state index contributed by atoms with van der Waals surface area (Å²) in [5.41, 5.74) is 16.4. The minimum atomic E-state index is -0.0247. The molecule has 0 fully saturated rings. The van der Waals surface area contributed by atoms with Gasteiger partial charge in [-0.2, -0.15) is 0 Å². The summed E-state index contributed by atoms with van der Waals surface area (Å²) in [6.07, 6.45) is 0.823. The normalized spacial score (nSPS) is 12.2. The van der Waals surface area contributed by atoms with E-state index in [0.717, 1.165) is 23.2 Å². The van der Waals surface area contributed by atoms with Crippen LogP contribution in [-0.4, -0.2) is 4.98 Å². The molecule has 1 atom stereocenters. The van der Waals surface area contributed by atoms with E-state index in [2.05, 4.69) is 29.2 Å². The van der Waals surface area contributed by atoms with E-state index in [-0.39, 0.29) is 6.04 Å². The van der Waals surface area contributed by atoms with Crippen LogP contribution in [0.25, 0.3) is 11.3 Å². The molecule has 0 aliphatic heterocycles. The largest absolute Gasteiger partial charge is 0.375 e. The molecule has 1 heterocycles. The topological polar surface area (TPSA) is 64.9 Å². The lowest BCUT2D eigenvalue weighted by Crippen LogP contribution is -2.13. The number of aromatic nitrogens is 1. The van der Waals surface area contributed by atoms with E-state index in [9.17, 15) is 0 Å². The number of nitrogens with zero attached hydrogens (tertiary/aromatic N) is 1. The molecular formula is C17H17N3S. The van der Waals surface area contributed by atoms with Crippen molar-refractivity contribution in [3.05, 3.63) is 71.1 Å². The third-order valence-corrected chi connectivity index (χ3v) is 4.10. The maximum atomic E-state index is 6.34. The van der Waals surface area contributed by atoms with Gasteiger partial charge in [0.15, 0.2) is 5.13 Å². The van der Waals surface area contributed by atoms with Gasteiger partial charge in [0.1, 0.15) is 0 Å². The lowest BCUT2D eigenvalue weighted by molar-refractivity contribution is 0.722. The zero-order valence-electron chi connectivity index (χ0n) is 11.6. The van der Waals surface area contributed by atoms with Crippen LogP contribution in [0, 0.1) is 0 Å². The van der Waals surface area contributed by atoms with Crippen molar-refractivity contribution in [2.45, 2.75) is 12.5 Å². The van der Waals surface area contributed by atoms with Crippen LogP contribution < -0.4 is 11.5 Å². The van der Waals surface area contributed by atoms with Gasteiger partial charge in [-0.05, 0) is 23.6 Å². The van der Waals surface area contributed by atoms with Gasteiger partial charge in [-0.25, -0.2) is 4.98 Å². The minimum absolute atomic E-state index is 0.0247. The molecular weight excluding hydrogens is 278 g/mol. The first-order valence-corrected chi connectivity index (χ1v) is 7.71. The number of hydrogen-bond acceptors (Lipinski definition) is 4. The Balaban J connectivity index is 1.82. The second-order valence-electron chi connectivity index (χ2n) is 4.99. The van der Waals surface area contributed by atoms with Gasteiger partial charge in [0, 0.05) is 17.0 Å². The molecule has 0 bridgehead atoms. The highest BCUT2D eigenvalue weighted by atomic mass is 32.1. The lowest BCUT2D eigenvalue weighted by atomic mass is 9.97. The molecule has 0 amide bonds. The van der Waals surface area contributed by atoms with Crippen LogP contribution in [0.1, 0.15) is 17.2 Å². The summed E-state index contributed by atoms with van der Waals surface area (Å²) in [5.74, 6) is 0. The number of nitrogen functional groups attached to an aromatic ring is 1. The average Bonchev–Trinajstić information content (AvgIpc) is 2.95. The van der Waals surface area contributed by atoms with Crippen molar-refractivity contribution in [2.75, 3.05) is 5.73 Å². The van der Waals surface area contributed by atoms with Crippen LogP contribution in [0.15, 0.2) is 60.0 Å². The van der Waals surface area contributed by atoms with Crippen LogP contribution in [0.5, 0.6) is 0 Å². The van der Waals surface area contributed by atoms with Crippen molar-refractivity contribution in [1.29, 1.82) is 0 Å². The molecule has 0 spiro atoms. The Labute approximate surface area is 128 Å². The molecule has 106 valence electrons. The Morgan fingerprint density at radius 1 is 1.05 bits per heavy atom. The van der Waals surface area contributed by atoms with E-state index in [1.807, 2.05) is 35.7 Å². The maximum absolute atomic E-state index is 6.34. The molecule has 0 aliphatic rings. The number of benzene rings is 2. The Kier molecular flexibility index (Phi) is 3.99. The molecule has 1 aromatic heterocycles. The summed E-state index contributed by atoms with van der Waals surface area (Å²) < 4.78 is 0. The molecule has 0 aliphatic carbocycles. The zero-order valence-corrected chi connectivity index (χ0v) is 12.4. The fraction of sp³-hybridized carbons (Fsp3) is 0.118. The van der Waals surface area contributed by atoms with Crippen molar-refractivity contribution in [1.82, 2.24) is 4.98 Å². The van der Waals surface area contributed by atoms with Crippen LogP contribution in [-0.2, 0) is 6.42 Å². The van der Waals surface area contributed by atoms with Crippen molar-refractivity contribution in [2.24, 2.45) is 5.73 Å². The smallest absolute Gasteiger partial charge is 0.180 e. The third kappa shape index (κ3) is 3.29. The van der Waals surface area contributed by atoms with Crippen LogP contribution in [0.2, 0.25) is 0 Å². The Morgan fingerprint density at radius 3 is 2.57 bits per heavy atom. The van der Waals surface area contributed by atoms with Crippen molar-refractivity contribution in [3.8, 4) is 11.3 Å². The monoisotopic (exact) mass is 295 g/mol. The molecule has 0 saturated heterocycles. The zero-order chi connectivity index (χ0) is 14.7. The molecule has 4 N–H and O–H groups in total. The fourth-order valence-corrected chi connectivity index (χ4v) is 2.91. The van der Waals surface area contributed by atoms with E-state index >= 15 is 0 Å². The molecule has 3 nitrogen and oxygen atoms in total. The lowest BCUT2D eigenvalue weighted by Gasteiger charge is -2.13. The highest BCUT2D eigenvalue weighted by molar-refractivity contribution is 7.13. The van der Waals surface area contributed by atoms with Crippen molar-refractivity contribution < 1.29 is 0 Å². The van der Waals surface area contributed by atoms with Gasteiger partial charge >= 0.3 is 0 Å². The summed E-state index contributed by atoms with van der Waals surface area (Å²) in [7, 11) is 0. The first-order valence-electron chi connectivity index (χ1n) is 6.83. The van der Waals surface area contributed by atoms with Gasteiger partial charge in [-0.1, -0.05) is 48.5 Å². The molecule has 21 heavy (non-hydrogen) atoms. The first kappa shape index (κ1) is 13.8. The Hall–Kier alpha value is -2.17. The van der Waals surface area contributed by atoms with E-state index in [0.29, 0.717) is 5.13 Å². The SMILES string of the molecule is Nc1nc(-c2cccc(C(N)Cc3ccccc3)c2)cs1. The van der Waals surface area contributed by atoms with Gasteiger partial charge in [0.2, 0.25) is 0 Å². The van der Waals surface area contributed by atoms with E-state index in [4.69, 9.17) is 11.5 Å². The molecule has 3 rings (SSSR count). The molecule has 2 aromatic carbocycles. The summed E-state index contributed by atoms with van der Waals surface area (Å²) in [6.45, 7) is 0. The van der Waals surface area contributed by atoms with E-state index in [1.54, 1.807) is 0 Å². The van der Waals surface area contributed by atoms with Gasteiger partial charge in [0.25, 0.3) is 0 Å². The number of thiazole rings is 1. The molecule has 4 heteroatoms.